The van der Waals surface area contributed by atoms with E-state index in [1.165, 1.54) is 11.3 Å². The summed E-state index contributed by atoms with van der Waals surface area (Å²) in [6.45, 7) is 0. The molecule has 6 heteroatoms. The van der Waals surface area contributed by atoms with Crippen molar-refractivity contribution in [3.8, 4) is 11.3 Å². The zero-order valence-electron chi connectivity index (χ0n) is 12.5. The lowest BCUT2D eigenvalue weighted by Crippen LogP contribution is -1.99. The maximum atomic E-state index is 11.2. The van der Waals surface area contributed by atoms with Gasteiger partial charge in [0.2, 0.25) is 0 Å². The molecule has 0 saturated heterocycles. The normalized spacial score (nSPS) is 10.8. The van der Waals surface area contributed by atoms with Crippen LogP contribution < -0.4 is 0 Å². The third kappa shape index (κ3) is 3.96. The Balaban J connectivity index is 1.97. The molecule has 0 saturated carbocycles. The number of aromatic nitrogens is 1. The molecular weight excluding hydrogens is 365 g/mol. The van der Waals surface area contributed by atoms with Gasteiger partial charge in [0.05, 0.1) is 17.1 Å². The van der Waals surface area contributed by atoms with E-state index >= 15 is 0 Å². The number of carboxylic acids is 1. The highest BCUT2D eigenvalue weighted by atomic mass is 35.5. The number of nitrogens with zero attached hydrogens (tertiary/aromatic N) is 1. The van der Waals surface area contributed by atoms with Gasteiger partial charge in [-0.3, -0.25) is 4.79 Å². The van der Waals surface area contributed by atoms with E-state index in [-0.39, 0.29) is 6.42 Å². The third-order valence-electron chi connectivity index (χ3n) is 3.46. The van der Waals surface area contributed by atoms with Crippen LogP contribution in [-0.2, 0) is 17.6 Å². The van der Waals surface area contributed by atoms with Gasteiger partial charge in [0.15, 0.2) is 0 Å². The number of hydrogen-bond donors (Lipinski definition) is 1. The van der Waals surface area contributed by atoms with Gasteiger partial charge in [-0.1, -0.05) is 59.6 Å². The van der Waals surface area contributed by atoms with Crippen LogP contribution in [0.25, 0.3) is 11.3 Å². The van der Waals surface area contributed by atoms with Crippen LogP contribution in [0.2, 0.25) is 10.0 Å². The fraction of sp³-hybridized carbons (Fsp3) is 0.111. The Morgan fingerprint density at radius 2 is 1.88 bits per heavy atom. The number of rotatable bonds is 5. The zero-order valence-corrected chi connectivity index (χ0v) is 14.8. The van der Waals surface area contributed by atoms with Crippen molar-refractivity contribution in [3.05, 3.63) is 74.0 Å². The largest absolute Gasteiger partial charge is 0.481 e. The molecule has 3 nitrogen and oxygen atoms in total. The number of carboxylic acid groups (broad SMARTS) is 1. The summed E-state index contributed by atoms with van der Waals surface area (Å²) in [5, 5.41) is 11.1. The summed E-state index contributed by atoms with van der Waals surface area (Å²) in [4.78, 5) is 16.6. The molecule has 3 rings (SSSR count). The van der Waals surface area contributed by atoms with E-state index in [9.17, 15) is 4.79 Å². The molecule has 0 spiro atoms. The Hall–Kier alpha value is -1.88. The Labute approximate surface area is 153 Å². The molecule has 0 unspecified atom stereocenters. The Morgan fingerprint density at radius 1 is 1.12 bits per heavy atom. The first kappa shape index (κ1) is 17.0. The van der Waals surface area contributed by atoms with Gasteiger partial charge in [-0.05, 0) is 17.7 Å². The molecule has 24 heavy (non-hydrogen) atoms. The smallest absolute Gasteiger partial charge is 0.308 e. The number of aliphatic carboxylic acids is 1. The molecule has 2 aromatic carbocycles. The molecule has 0 atom stereocenters. The molecule has 0 fully saturated rings. The number of hydrogen-bond acceptors (Lipinski definition) is 3. The molecule has 0 aliphatic carbocycles. The van der Waals surface area contributed by atoms with E-state index in [2.05, 4.69) is 4.98 Å². The fourth-order valence-electron chi connectivity index (χ4n) is 2.38. The van der Waals surface area contributed by atoms with Gasteiger partial charge < -0.3 is 5.11 Å². The maximum absolute atomic E-state index is 11.2. The first-order chi connectivity index (χ1) is 11.5. The van der Waals surface area contributed by atoms with Crippen LogP contribution >= 0.6 is 34.5 Å². The lowest BCUT2D eigenvalue weighted by Gasteiger charge is -2.02. The maximum Gasteiger partial charge on any atom is 0.308 e. The van der Waals surface area contributed by atoms with Crippen molar-refractivity contribution in [1.82, 2.24) is 4.98 Å². The standard InChI is InChI=1S/C18H13Cl2NO2S/c19-13-7-6-12(14(20)9-13)8-16-21-18(11-4-2-1-3-5-11)15(24-16)10-17(22)23/h1-7,9H,8,10H2,(H,22,23). The highest BCUT2D eigenvalue weighted by Gasteiger charge is 2.16. The van der Waals surface area contributed by atoms with E-state index in [4.69, 9.17) is 28.3 Å². The SMILES string of the molecule is O=C(O)Cc1sc(Cc2ccc(Cl)cc2Cl)nc1-c1ccccc1. The predicted molar refractivity (Wildman–Crippen MR) is 98.2 cm³/mol. The van der Waals surface area contributed by atoms with Crippen LogP contribution in [0.4, 0.5) is 0 Å². The fourth-order valence-corrected chi connectivity index (χ4v) is 3.96. The van der Waals surface area contributed by atoms with E-state index in [1.807, 2.05) is 36.4 Å². The van der Waals surface area contributed by atoms with Gasteiger partial charge in [-0.25, -0.2) is 4.98 Å². The number of benzene rings is 2. The summed E-state index contributed by atoms with van der Waals surface area (Å²) in [6, 6.07) is 14.9. The molecule has 3 aromatic rings. The van der Waals surface area contributed by atoms with Crippen molar-refractivity contribution < 1.29 is 9.90 Å². The highest BCUT2D eigenvalue weighted by Crippen LogP contribution is 2.31. The zero-order chi connectivity index (χ0) is 17.1. The molecule has 0 radical (unpaired) electrons. The summed E-state index contributed by atoms with van der Waals surface area (Å²) in [6.07, 6.45) is 0.496. The third-order valence-corrected chi connectivity index (χ3v) is 5.10. The Kier molecular flexibility index (Phi) is 5.19. The van der Waals surface area contributed by atoms with Crippen LogP contribution in [0.3, 0.4) is 0 Å². The van der Waals surface area contributed by atoms with Crippen molar-refractivity contribution in [2.45, 2.75) is 12.8 Å². The van der Waals surface area contributed by atoms with Crippen molar-refractivity contribution in [2.75, 3.05) is 0 Å². The minimum Gasteiger partial charge on any atom is -0.481 e. The van der Waals surface area contributed by atoms with Gasteiger partial charge in [0.1, 0.15) is 0 Å². The van der Waals surface area contributed by atoms with Crippen molar-refractivity contribution >= 4 is 40.5 Å². The average molecular weight is 378 g/mol. The van der Waals surface area contributed by atoms with Crippen LogP contribution in [0.1, 0.15) is 15.4 Å². The predicted octanol–water partition coefficient (Wildman–Crippen LogP) is 5.33. The summed E-state index contributed by atoms with van der Waals surface area (Å²) in [5.74, 6) is -0.869. The van der Waals surface area contributed by atoms with Gasteiger partial charge in [-0.2, -0.15) is 0 Å². The monoisotopic (exact) mass is 377 g/mol. The number of carbonyl (C=O) groups is 1. The summed E-state index contributed by atoms with van der Waals surface area (Å²) < 4.78 is 0. The number of thiazole rings is 1. The molecule has 0 bridgehead atoms. The van der Waals surface area contributed by atoms with Crippen LogP contribution in [0.15, 0.2) is 48.5 Å². The van der Waals surface area contributed by atoms with Crippen molar-refractivity contribution in [1.29, 1.82) is 0 Å². The second-order valence-corrected chi connectivity index (χ2v) is 7.24. The molecular formula is C18H13Cl2NO2S. The molecule has 1 N–H and O–H groups in total. The first-order valence-electron chi connectivity index (χ1n) is 7.22. The molecule has 0 aliphatic rings. The molecule has 1 aromatic heterocycles. The Bertz CT molecular complexity index is 878. The van der Waals surface area contributed by atoms with E-state index in [1.54, 1.807) is 12.1 Å². The molecule has 1 heterocycles. The lowest BCUT2D eigenvalue weighted by molar-refractivity contribution is -0.136. The topological polar surface area (TPSA) is 50.2 Å². The van der Waals surface area contributed by atoms with E-state index < -0.39 is 5.97 Å². The first-order valence-corrected chi connectivity index (χ1v) is 8.80. The minimum absolute atomic E-state index is 0.0454. The van der Waals surface area contributed by atoms with Gasteiger partial charge in [0, 0.05) is 26.9 Å². The summed E-state index contributed by atoms with van der Waals surface area (Å²) in [5.41, 5.74) is 2.55. The lowest BCUT2D eigenvalue weighted by atomic mass is 10.1. The average Bonchev–Trinajstić information content (AvgIpc) is 2.93. The van der Waals surface area contributed by atoms with Crippen LogP contribution in [0, 0.1) is 0 Å². The second-order valence-electron chi connectivity index (χ2n) is 5.23. The van der Waals surface area contributed by atoms with E-state index in [0.717, 1.165) is 26.7 Å². The molecule has 122 valence electrons. The number of halogens is 2. The highest BCUT2D eigenvalue weighted by molar-refractivity contribution is 7.12. The second kappa shape index (κ2) is 7.34. The molecule has 0 aliphatic heterocycles. The quantitative estimate of drug-likeness (QED) is 0.653. The van der Waals surface area contributed by atoms with Gasteiger partial charge >= 0.3 is 5.97 Å². The van der Waals surface area contributed by atoms with Gasteiger partial charge in [-0.15, -0.1) is 11.3 Å². The van der Waals surface area contributed by atoms with Crippen LogP contribution in [0.5, 0.6) is 0 Å². The van der Waals surface area contributed by atoms with Crippen molar-refractivity contribution in [3.63, 3.8) is 0 Å². The minimum atomic E-state index is -0.869. The van der Waals surface area contributed by atoms with Crippen LogP contribution in [-0.4, -0.2) is 16.1 Å². The van der Waals surface area contributed by atoms with Gasteiger partial charge in [0.25, 0.3) is 0 Å². The summed E-state index contributed by atoms with van der Waals surface area (Å²) in [7, 11) is 0. The van der Waals surface area contributed by atoms with Crippen molar-refractivity contribution in [2.24, 2.45) is 0 Å². The summed E-state index contributed by atoms with van der Waals surface area (Å²) >= 11 is 13.6. The van der Waals surface area contributed by atoms with E-state index in [0.29, 0.717) is 16.5 Å². The Morgan fingerprint density at radius 3 is 2.54 bits per heavy atom. The molecule has 0 amide bonds.